The van der Waals surface area contributed by atoms with Crippen LogP contribution in [0.25, 0.3) is 10.8 Å². The predicted octanol–water partition coefficient (Wildman–Crippen LogP) is 4.87. The highest BCUT2D eigenvalue weighted by Crippen LogP contribution is 2.42. The quantitative estimate of drug-likeness (QED) is 0.655. The first-order valence-electron chi connectivity index (χ1n) is 9.33. The molecule has 3 aromatic rings. The topological polar surface area (TPSA) is 34.1 Å². The minimum absolute atomic E-state index is 0.219. The number of benzene rings is 3. The number of hydrogen-bond donors (Lipinski definition) is 0. The van der Waals surface area contributed by atoms with Crippen LogP contribution in [0.2, 0.25) is 0 Å². The normalized spacial score (nSPS) is 17.7. The summed E-state index contributed by atoms with van der Waals surface area (Å²) in [6.45, 7) is 3.18. The molecular formula is C23H22N2O2. The van der Waals surface area contributed by atoms with Gasteiger partial charge in [-0.15, -0.1) is 0 Å². The first kappa shape index (κ1) is 16.2. The molecule has 5 rings (SSSR count). The van der Waals surface area contributed by atoms with Crippen LogP contribution in [0.4, 0.5) is 5.69 Å². The number of fused-ring (bicyclic) bond motifs is 1. The van der Waals surface area contributed by atoms with Gasteiger partial charge in [-0.25, -0.2) is 4.99 Å². The molecule has 0 aliphatic carbocycles. The maximum absolute atomic E-state index is 5.53. The fourth-order valence-electron chi connectivity index (χ4n) is 4.43. The van der Waals surface area contributed by atoms with E-state index in [1.807, 2.05) is 0 Å². The van der Waals surface area contributed by atoms with Crippen molar-refractivity contribution in [2.24, 2.45) is 4.99 Å². The Morgan fingerprint density at radius 3 is 2.52 bits per heavy atom. The molecule has 4 heteroatoms. The van der Waals surface area contributed by atoms with Crippen molar-refractivity contribution in [3.8, 4) is 11.5 Å². The van der Waals surface area contributed by atoms with E-state index in [1.165, 1.54) is 27.5 Å². The molecule has 1 atom stereocenters. The zero-order valence-corrected chi connectivity index (χ0v) is 15.8. The third-order valence-corrected chi connectivity index (χ3v) is 5.81. The standard InChI is InChI=1S/C23H22N2O2/c1-14-18-13-21(27-3)20(26-2)12-16(18)10-11-25(14)23-17-8-4-6-15-7-5-9-19(24-23)22(15)17/h4-9,12-14H,10-11H2,1-3H3. The molecule has 0 radical (unpaired) electrons. The van der Waals surface area contributed by atoms with E-state index in [1.54, 1.807) is 14.2 Å². The molecule has 0 amide bonds. The number of ether oxygens (including phenoxy) is 2. The van der Waals surface area contributed by atoms with Crippen LogP contribution in [0.1, 0.15) is 29.7 Å². The zero-order valence-electron chi connectivity index (χ0n) is 15.8. The highest BCUT2D eigenvalue weighted by atomic mass is 16.5. The second kappa shape index (κ2) is 6.02. The van der Waals surface area contributed by atoms with Crippen LogP contribution in [0.5, 0.6) is 11.5 Å². The van der Waals surface area contributed by atoms with Crippen LogP contribution < -0.4 is 9.47 Å². The van der Waals surface area contributed by atoms with Crippen molar-refractivity contribution >= 4 is 22.3 Å². The van der Waals surface area contributed by atoms with Crippen molar-refractivity contribution < 1.29 is 9.47 Å². The highest BCUT2D eigenvalue weighted by Gasteiger charge is 2.31. The number of nitrogens with zero attached hydrogens (tertiary/aromatic N) is 2. The maximum Gasteiger partial charge on any atom is 0.161 e. The van der Waals surface area contributed by atoms with Gasteiger partial charge >= 0.3 is 0 Å². The molecule has 27 heavy (non-hydrogen) atoms. The van der Waals surface area contributed by atoms with Crippen LogP contribution in [-0.4, -0.2) is 31.5 Å². The lowest BCUT2D eigenvalue weighted by Gasteiger charge is -2.37. The van der Waals surface area contributed by atoms with Crippen LogP contribution >= 0.6 is 0 Å². The minimum Gasteiger partial charge on any atom is -0.493 e. The molecule has 0 fully saturated rings. The van der Waals surface area contributed by atoms with Crippen LogP contribution in [-0.2, 0) is 6.42 Å². The number of hydrogen-bond acceptors (Lipinski definition) is 4. The van der Waals surface area contributed by atoms with Gasteiger partial charge in [-0.1, -0.05) is 30.3 Å². The van der Waals surface area contributed by atoms with Crippen LogP contribution in [0, 0.1) is 0 Å². The van der Waals surface area contributed by atoms with E-state index in [9.17, 15) is 0 Å². The van der Waals surface area contributed by atoms with Gasteiger partial charge in [0.15, 0.2) is 11.5 Å². The van der Waals surface area contributed by atoms with Gasteiger partial charge < -0.3 is 14.4 Å². The van der Waals surface area contributed by atoms with Gasteiger partial charge in [-0.05, 0) is 48.1 Å². The van der Waals surface area contributed by atoms with Crippen molar-refractivity contribution in [3.63, 3.8) is 0 Å². The lowest BCUT2D eigenvalue weighted by Crippen LogP contribution is -2.38. The van der Waals surface area contributed by atoms with Crippen molar-refractivity contribution in [2.45, 2.75) is 19.4 Å². The Balaban J connectivity index is 1.59. The molecule has 4 nitrogen and oxygen atoms in total. The van der Waals surface area contributed by atoms with E-state index in [0.29, 0.717) is 0 Å². The van der Waals surface area contributed by atoms with Crippen molar-refractivity contribution in [3.05, 3.63) is 65.2 Å². The molecular weight excluding hydrogens is 336 g/mol. The van der Waals surface area contributed by atoms with Gasteiger partial charge in [0.2, 0.25) is 0 Å². The summed E-state index contributed by atoms with van der Waals surface area (Å²) in [6, 6.07) is 17.3. The predicted molar refractivity (Wildman–Crippen MR) is 109 cm³/mol. The Kier molecular flexibility index (Phi) is 3.61. The molecule has 3 aromatic carbocycles. The Bertz CT molecular complexity index is 1080. The summed E-state index contributed by atoms with van der Waals surface area (Å²) < 4.78 is 11.0. The molecule has 0 saturated carbocycles. The zero-order chi connectivity index (χ0) is 18.5. The summed E-state index contributed by atoms with van der Waals surface area (Å²) in [5.41, 5.74) is 4.91. The molecule has 0 spiro atoms. The van der Waals surface area contributed by atoms with Crippen LogP contribution in [0.3, 0.4) is 0 Å². The molecule has 0 bridgehead atoms. The van der Waals surface area contributed by atoms with E-state index in [-0.39, 0.29) is 6.04 Å². The second-order valence-electron chi connectivity index (χ2n) is 7.14. The average Bonchev–Trinajstić information content (AvgIpc) is 3.08. The molecule has 1 unspecified atom stereocenters. The van der Waals surface area contributed by atoms with Gasteiger partial charge in [0, 0.05) is 17.5 Å². The summed E-state index contributed by atoms with van der Waals surface area (Å²) in [5.74, 6) is 2.66. The lowest BCUT2D eigenvalue weighted by atomic mass is 9.92. The van der Waals surface area contributed by atoms with Crippen molar-refractivity contribution in [1.82, 2.24) is 4.90 Å². The van der Waals surface area contributed by atoms with E-state index < -0.39 is 0 Å². The highest BCUT2D eigenvalue weighted by molar-refractivity contribution is 6.19. The average molecular weight is 358 g/mol. The summed E-state index contributed by atoms with van der Waals surface area (Å²) >= 11 is 0. The summed E-state index contributed by atoms with van der Waals surface area (Å²) in [5, 5.41) is 2.51. The van der Waals surface area contributed by atoms with E-state index in [2.05, 4.69) is 60.4 Å². The Hall–Kier alpha value is -3.01. The van der Waals surface area contributed by atoms with Gasteiger partial charge in [-0.2, -0.15) is 0 Å². The van der Waals surface area contributed by atoms with E-state index >= 15 is 0 Å². The fraction of sp³-hybridized carbons (Fsp3) is 0.261. The molecule has 0 saturated heterocycles. The van der Waals surface area contributed by atoms with Gasteiger partial charge in [-0.3, -0.25) is 0 Å². The molecule has 2 heterocycles. The first-order chi connectivity index (χ1) is 13.2. The lowest BCUT2D eigenvalue weighted by molar-refractivity contribution is 0.313. The maximum atomic E-state index is 5.53. The van der Waals surface area contributed by atoms with Crippen molar-refractivity contribution in [1.29, 1.82) is 0 Å². The fourth-order valence-corrected chi connectivity index (χ4v) is 4.43. The number of methoxy groups -OCH3 is 2. The van der Waals surface area contributed by atoms with Gasteiger partial charge in [0.25, 0.3) is 0 Å². The van der Waals surface area contributed by atoms with Gasteiger partial charge in [0.1, 0.15) is 5.84 Å². The number of aliphatic imine (C=N–C) groups is 1. The molecule has 136 valence electrons. The summed E-state index contributed by atoms with van der Waals surface area (Å²) in [7, 11) is 3.38. The molecule has 2 aliphatic heterocycles. The second-order valence-corrected chi connectivity index (χ2v) is 7.14. The number of amidine groups is 1. The summed E-state index contributed by atoms with van der Waals surface area (Å²) in [6.07, 6.45) is 0.964. The Morgan fingerprint density at radius 1 is 1.00 bits per heavy atom. The molecule has 2 aliphatic rings. The molecule has 0 aromatic heterocycles. The minimum atomic E-state index is 0.219. The SMILES string of the molecule is COc1cc2c(cc1OC)C(C)N(C1=Nc3cccc4cccc1c34)CC2. The van der Waals surface area contributed by atoms with Crippen molar-refractivity contribution in [2.75, 3.05) is 20.8 Å². The summed E-state index contributed by atoms with van der Waals surface area (Å²) in [4.78, 5) is 7.43. The third-order valence-electron chi connectivity index (χ3n) is 5.81. The van der Waals surface area contributed by atoms with E-state index in [4.69, 9.17) is 14.5 Å². The van der Waals surface area contributed by atoms with E-state index in [0.717, 1.165) is 36.0 Å². The Labute approximate surface area is 159 Å². The smallest absolute Gasteiger partial charge is 0.161 e. The Morgan fingerprint density at radius 2 is 1.74 bits per heavy atom. The first-order valence-corrected chi connectivity index (χ1v) is 9.33. The monoisotopic (exact) mass is 358 g/mol. The third kappa shape index (κ3) is 2.33. The van der Waals surface area contributed by atoms with Crippen LogP contribution in [0.15, 0.2) is 53.5 Å². The largest absolute Gasteiger partial charge is 0.493 e. The van der Waals surface area contributed by atoms with Gasteiger partial charge in [0.05, 0.1) is 25.9 Å². The molecule has 0 N–H and O–H groups in total. The number of rotatable bonds is 2.